The van der Waals surface area contributed by atoms with Gasteiger partial charge < -0.3 is 20.1 Å². The molecule has 0 atom stereocenters. The van der Waals surface area contributed by atoms with E-state index in [0.717, 1.165) is 46.5 Å². The third kappa shape index (κ3) is 8.32. The Morgan fingerprint density at radius 3 is 2.71 bits per heavy atom. The lowest BCUT2D eigenvalue weighted by molar-refractivity contribution is 0.145. The molecule has 156 valence electrons. The number of hydrogen-bond donors (Lipinski definition) is 2. The molecule has 2 aromatic rings. The number of halogens is 1. The minimum absolute atomic E-state index is 0. The van der Waals surface area contributed by atoms with Crippen LogP contribution in [0.4, 0.5) is 0 Å². The average molecular weight is 518 g/mol. The Kier molecular flexibility index (Phi) is 12.1. The predicted molar refractivity (Wildman–Crippen MR) is 127 cm³/mol. The normalized spacial score (nSPS) is 11.1. The summed E-state index contributed by atoms with van der Waals surface area (Å²) in [4.78, 5) is 9.29. The van der Waals surface area contributed by atoms with Crippen LogP contribution in [0.3, 0.4) is 0 Å². The molecule has 0 amide bonds. The van der Waals surface area contributed by atoms with Crippen molar-refractivity contribution in [3.8, 4) is 5.75 Å². The quantitative estimate of drug-likeness (QED) is 0.216. The number of hydrogen-bond acceptors (Lipinski definition) is 5. The van der Waals surface area contributed by atoms with Crippen molar-refractivity contribution in [2.24, 2.45) is 4.99 Å². The number of aromatic nitrogens is 1. The molecule has 1 heterocycles. The maximum absolute atomic E-state index is 5.85. The van der Waals surface area contributed by atoms with Crippen molar-refractivity contribution >= 4 is 41.3 Å². The molecule has 0 radical (unpaired) electrons. The first kappa shape index (κ1) is 24.6. The van der Waals surface area contributed by atoms with Gasteiger partial charge in [0.2, 0.25) is 0 Å². The molecule has 0 spiro atoms. The first-order valence-corrected chi connectivity index (χ1v) is 10.2. The molecule has 2 N–H and O–H groups in total. The van der Waals surface area contributed by atoms with Gasteiger partial charge in [-0.3, -0.25) is 0 Å². The molecule has 28 heavy (non-hydrogen) atoms. The maximum atomic E-state index is 5.85. The van der Waals surface area contributed by atoms with E-state index in [0.29, 0.717) is 26.3 Å². The number of rotatable bonds is 10. The van der Waals surface area contributed by atoms with E-state index in [4.69, 9.17) is 14.5 Å². The van der Waals surface area contributed by atoms with E-state index < -0.39 is 0 Å². The van der Waals surface area contributed by atoms with Crippen LogP contribution in [0.15, 0.2) is 28.6 Å². The second kappa shape index (κ2) is 13.7. The molecular formula is C20H31IN4O2S. The molecule has 1 aromatic heterocycles. The van der Waals surface area contributed by atoms with Gasteiger partial charge in [-0.15, -0.1) is 35.3 Å². The summed E-state index contributed by atoms with van der Waals surface area (Å²) in [5.74, 6) is 1.63. The monoisotopic (exact) mass is 518 g/mol. The van der Waals surface area contributed by atoms with E-state index in [1.54, 1.807) is 18.4 Å². The topological polar surface area (TPSA) is 67.8 Å². The highest BCUT2D eigenvalue weighted by atomic mass is 127. The number of aliphatic imine (C=N–C) groups is 1. The number of ether oxygens (including phenoxy) is 2. The van der Waals surface area contributed by atoms with Crippen LogP contribution in [-0.2, 0) is 24.2 Å². The summed E-state index contributed by atoms with van der Waals surface area (Å²) in [5, 5.41) is 9.88. The van der Waals surface area contributed by atoms with Crippen molar-refractivity contribution in [2.45, 2.75) is 40.3 Å². The van der Waals surface area contributed by atoms with Crippen molar-refractivity contribution in [2.75, 3.05) is 26.9 Å². The summed E-state index contributed by atoms with van der Waals surface area (Å²) in [6.07, 6.45) is 0.970. The van der Waals surface area contributed by atoms with Gasteiger partial charge in [0.1, 0.15) is 12.4 Å². The van der Waals surface area contributed by atoms with Gasteiger partial charge in [0.15, 0.2) is 5.96 Å². The molecule has 2 rings (SSSR count). The molecular weight excluding hydrogens is 487 g/mol. The Balaban J connectivity index is 0.00000392. The van der Waals surface area contributed by atoms with E-state index in [1.807, 2.05) is 6.07 Å². The van der Waals surface area contributed by atoms with Crippen LogP contribution in [0.1, 0.15) is 35.7 Å². The Hall–Kier alpha value is -1.39. The summed E-state index contributed by atoms with van der Waals surface area (Å²) in [7, 11) is 1.67. The lowest BCUT2D eigenvalue weighted by Crippen LogP contribution is -2.36. The SMILES string of the molecule is CCNC(=NCc1ccc(C)cc1OCCOC)NCc1csc(CC)n1.I. The standard InChI is InChI=1S/C20H30N4O2S.HI/c1-5-19-24-17(14-27-19)13-23-20(21-6-2)22-12-16-8-7-15(3)11-18(16)26-10-9-25-4;/h7-8,11,14H,5-6,9-10,12-13H2,1-4H3,(H2,21,22,23);1H. The van der Waals surface area contributed by atoms with Gasteiger partial charge in [-0.25, -0.2) is 9.98 Å². The van der Waals surface area contributed by atoms with Gasteiger partial charge in [0.25, 0.3) is 0 Å². The maximum Gasteiger partial charge on any atom is 0.191 e. The minimum Gasteiger partial charge on any atom is -0.491 e. The molecule has 6 nitrogen and oxygen atoms in total. The largest absolute Gasteiger partial charge is 0.491 e. The number of methoxy groups -OCH3 is 1. The zero-order valence-corrected chi connectivity index (χ0v) is 20.2. The zero-order valence-electron chi connectivity index (χ0n) is 17.1. The predicted octanol–water partition coefficient (Wildman–Crippen LogP) is 3.91. The van der Waals surface area contributed by atoms with Crippen molar-refractivity contribution in [1.29, 1.82) is 0 Å². The van der Waals surface area contributed by atoms with E-state index in [2.05, 4.69) is 53.9 Å². The number of guanidine groups is 1. The Labute approximate surface area is 189 Å². The smallest absolute Gasteiger partial charge is 0.191 e. The van der Waals surface area contributed by atoms with Gasteiger partial charge in [0.05, 0.1) is 30.4 Å². The van der Waals surface area contributed by atoms with Crippen LogP contribution >= 0.6 is 35.3 Å². The molecule has 0 fully saturated rings. The number of nitrogens with one attached hydrogen (secondary N) is 2. The third-order valence-electron chi connectivity index (χ3n) is 3.86. The fourth-order valence-corrected chi connectivity index (χ4v) is 3.18. The highest BCUT2D eigenvalue weighted by Gasteiger charge is 2.06. The Morgan fingerprint density at radius 1 is 1.21 bits per heavy atom. The molecule has 0 aliphatic carbocycles. The van der Waals surface area contributed by atoms with E-state index in [9.17, 15) is 0 Å². The van der Waals surface area contributed by atoms with Crippen LogP contribution in [-0.4, -0.2) is 37.8 Å². The minimum atomic E-state index is 0. The van der Waals surface area contributed by atoms with E-state index in [-0.39, 0.29) is 24.0 Å². The molecule has 0 bridgehead atoms. The number of aryl methyl sites for hydroxylation is 2. The van der Waals surface area contributed by atoms with Gasteiger partial charge in [-0.05, 0) is 31.9 Å². The summed E-state index contributed by atoms with van der Waals surface area (Å²) in [6.45, 7) is 9.32. The van der Waals surface area contributed by atoms with Gasteiger partial charge >= 0.3 is 0 Å². The third-order valence-corrected chi connectivity index (χ3v) is 4.90. The van der Waals surface area contributed by atoms with Crippen LogP contribution in [0, 0.1) is 6.92 Å². The molecule has 0 aliphatic heterocycles. The molecule has 0 saturated carbocycles. The van der Waals surface area contributed by atoms with Crippen molar-refractivity contribution in [3.05, 3.63) is 45.4 Å². The average Bonchev–Trinajstić information content (AvgIpc) is 3.13. The first-order chi connectivity index (χ1) is 13.2. The molecule has 0 aliphatic rings. The highest BCUT2D eigenvalue weighted by Crippen LogP contribution is 2.21. The Morgan fingerprint density at radius 2 is 2.04 bits per heavy atom. The van der Waals surface area contributed by atoms with E-state index in [1.165, 1.54) is 0 Å². The lowest BCUT2D eigenvalue weighted by Gasteiger charge is -2.13. The van der Waals surface area contributed by atoms with Gasteiger partial charge in [0, 0.05) is 24.6 Å². The number of thiazole rings is 1. The second-order valence-electron chi connectivity index (χ2n) is 6.09. The summed E-state index contributed by atoms with van der Waals surface area (Å²) >= 11 is 1.70. The summed E-state index contributed by atoms with van der Waals surface area (Å²) in [5.41, 5.74) is 3.26. The van der Waals surface area contributed by atoms with Gasteiger partial charge in [-0.2, -0.15) is 0 Å². The second-order valence-corrected chi connectivity index (χ2v) is 7.03. The molecule has 1 aromatic carbocycles. The van der Waals surface area contributed by atoms with E-state index >= 15 is 0 Å². The van der Waals surface area contributed by atoms with Crippen molar-refractivity contribution in [1.82, 2.24) is 15.6 Å². The van der Waals surface area contributed by atoms with Crippen LogP contribution in [0.25, 0.3) is 0 Å². The Bertz CT molecular complexity index is 737. The fourth-order valence-electron chi connectivity index (χ4n) is 2.43. The summed E-state index contributed by atoms with van der Waals surface area (Å²) < 4.78 is 10.9. The van der Waals surface area contributed by atoms with Gasteiger partial charge in [-0.1, -0.05) is 19.1 Å². The molecule has 0 unspecified atom stereocenters. The van der Waals surface area contributed by atoms with Crippen LogP contribution < -0.4 is 15.4 Å². The number of benzene rings is 1. The van der Waals surface area contributed by atoms with Crippen molar-refractivity contribution < 1.29 is 9.47 Å². The van der Waals surface area contributed by atoms with Crippen LogP contribution in [0.5, 0.6) is 5.75 Å². The molecule has 8 heteroatoms. The lowest BCUT2D eigenvalue weighted by atomic mass is 10.1. The fraction of sp³-hybridized carbons (Fsp3) is 0.500. The highest BCUT2D eigenvalue weighted by molar-refractivity contribution is 14.0. The molecule has 0 saturated heterocycles. The van der Waals surface area contributed by atoms with Crippen LogP contribution in [0.2, 0.25) is 0 Å². The zero-order chi connectivity index (χ0) is 19.5. The first-order valence-electron chi connectivity index (χ1n) is 9.33. The number of nitrogens with zero attached hydrogens (tertiary/aromatic N) is 2. The summed E-state index contributed by atoms with van der Waals surface area (Å²) in [6, 6.07) is 6.19. The van der Waals surface area contributed by atoms with Crippen molar-refractivity contribution in [3.63, 3.8) is 0 Å².